The standard InChI is InChI=1S/C62H41NO/c1-2-11-42(12-3-1)43-21-23-44(24-22-43)46-29-35-52(36-30-46)63(53-37-31-47(32-38-53)45-25-27-50(28-26-45)55-19-10-15-48-13-4-6-16-54(48)55)60-20-9-8-17-56(60)51-34-40-61-59(41-51)58-39-33-49-14-5-7-18-57(49)62(58)64-61/h1-41H/i29D,30D,31D,32D,35D,36D,37D,38D. The molecule has 1 heterocycles. The van der Waals surface area contributed by atoms with Crippen LogP contribution < -0.4 is 4.90 Å². The summed E-state index contributed by atoms with van der Waals surface area (Å²) in [5.74, 6) is 0. The lowest BCUT2D eigenvalue weighted by Crippen LogP contribution is -2.11. The Morgan fingerprint density at radius 2 is 0.812 bits per heavy atom. The summed E-state index contributed by atoms with van der Waals surface area (Å²) >= 11 is 0. The maximum absolute atomic E-state index is 9.79. The Labute approximate surface area is 383 Å². The Bertz CT molecular complexity index is 4070. The number of furan rings is 1. The van der Waals surface area contributed by atoms with E-state index in [-0.39, 0.29) is 46.7 Å². The van der Waals surface area contributed by atoms with Gasteiger partial charge in [0.1, 0.15) is 11.2 Å². The fraction of sp³-hybridized carbons (Fsp3) is 0. The lowest BCUT2D eigenvalue weighted by Gasteiger charge is -2.28. The fourth-order valence-electron chi connectivity index (χ4n) is 8.82. The van der Waals surface area contributed by atoms with Crippen LogP contribution in [-0.4, -0.2) is 0 Å². The van der Waals surface area contributed by atoms with Crippen molar-refractivity contribution in [2.24, 2.45) is 0 Å². The summed E-state index contributed by atoms with van der Waals surface area (Å²) in [6.45, 7) is 0. The van der Waals surface area contributed by atoms with E-state index in [1.807, 2.05) is 140 Å². The molecule has 0 spiro atoms. The minimum atomic E-state index is -0.417. The molecule has 12 aromatic rings. The number of rotatable bonds is 8. The molecule has 0 saturated carbocycles. The summed E-state index contributed by atoms with van der Waals surface area (Å²) in [5.41, 5.74) is 7.60. The highest BCUT2D eigenvalue weighted by Gasteiger charge is 2.19. The van der Waals surface area contributed by atoms with Gasteiger partial charge in [0, 0.05) is 33.1 Å². The quantitative estimate of drug-likeness (QED) is 0.152. The molecule has 12 rings (SSSR count). The Balaban J connectivity index is 1.05. The van der Waals surface area contributed by atoms with E-state index in [9.17, 15) is 11.0 Å². The zero-order valence-corrected chi connectivity index (χ0v) is 34.4. The summed E-state index contributed by atoms with van der Waals surface area (Å²) in [6, 6.07) is 61.1. The minimum Gasteiger partial charge on any atom is -0.455 e. The van der Waals surface area contributed by atoms with Crippen LogP contribution >= 0.6 is 0 Å². The zero-order chi connectivity index (χ0) is 49.4. The Hall–Kier alpha value is -8.46. The van der Waals surface area contributed by atoms with Crippen LogP contribution in [0.3, 0.4) is 0 Å². The molecule has 11 aromatic carbocycles. The predicted molar refractivity (Wildman–Crippen MR) is 271 cm³/mol. The highest BCUT2D eigenvalue weighted by molar-refractivity contribution is 6.15. The van der Waals surface area contributed by atoms with Crippen LogP contribution in [0, 0.1) is 0 Å². The first-order chi connectivity index (χ1) is 35.1. The van der Waals surface area contributed by atoms with Crippen molar-refractivity contribution >= 4 is 60.5 Å². The van der Waals surface area contributed by atoms with Crippen molar-refractivity contribution in [1.29, 1.82) is 0 Å². The lowest BCUT2D eigenvalue weighted by atomic mass is 9.96. The van der Waals surface area contributed by atoms with Gasteiger partial charge in [-0.1, -0.05) is 200 Å². The first-order valence-corrected chi connectivity index (χ1v) is 21.3. The molecular formula is C62H41NO. The molecule has 0 aliphatic rings. The van der Waals surface area contributed by atoms with Gasteiger partial charge in [0.15, 0.2) is 0 Å². The van der Waals surface area contributed by atoms with Crippen molar-refractivity contribution in [2.45, 2.75) is 0 Å². The Morgan fingerprint density at radius 3 is 1.50 bits per heavy atom. The molecule has 0 radical (unpaired) electrons. The van der Waals surface area contributed by atoms with E-state index in [1.165, 1.54) is 4.90 Å². The number of nitrogens with zero attached hydrogens (tertiary/aromatic N) is 1. The molecule has 0 N–H and O–H groups in total. The van der Waals surface area contributed by atoms with Crippen molar-refractivity contribution in [2.75, 3.05) is 4.90 Å². The van der Waals surface area contributed by atoms with Crippen LogP contribution in [0.5, 0.6) is 0 Å². The summed E-state index contributed by atoms with van der Waals surface area (Å²) < 4.78 is 83.8. The van der Waals surface area contributed by atoms with Crippen LogP contribution in [0.1, 0.15) is 11.0 Å². The maximum Gasteiger partial charge on any atom is 0.143 e. The second-order valence-electron chi connectivity index (χ2n) is 15.8. The van der Waals surface area contributed by atoms with E-state index >= 15 is 0 Å². The smallest absolute Gasteiger partial charge is 0.143 e. The number of hydrogen-bond acceptors (Lipinski definition) is 2. The van der Waals surface area contributed by atoms with Crippen molar-refractivity contribution in [1.82, 2.24) is 0 Å². The van der Waals surface area contributed by atoms with Gasteiger partial charge in [-0.2, -0.15) is 0 Å². The van der Waals surface area contributed by atoms with Gasteiger partial charge in [0.05, 0.1) is 16.7 Å². The molecule has 0 unspecified atom stereocenters. The van der Waals surface area contributed by atoms with E-state index in [1.54, 1.807) is 36.4 Å². The average Bonchev–Trinajstić information content (AvgIpc) is 3.81. The summed E-state index contributed by atoms with van der Waals surface area (Å²) in [7, 11) is 0. The summed E-state index contributed by atoms with van der Waals surface area (Å²) in [4.78, 5) is 1.39. The van der Waals surface area contributed by atoms with Crippen LogP contribution in [0.25, 0.3) is 99.1 Å². The third kappa shape index (κ3) is 6.70. The number of hydrogen-bond donors (Lipinski definition) is 0. The largest absolute Gasteiger partial charge is 0.455 e. The first kappa shape index (κ1) is 29.7. The topological polar surface area (TPSA) is 16.4 Å². The average molecular weight is 824 g/mol. The third-order valence-electron chi connectivity index (χ3n) is 12.0. The molecule has 0 saturated heterocycles. The van der Waals surface area contributed by atoms with Crippen LogP contribution in [-0.2, 0) is 0 Å². The van der Waals surface area contributed by atoms with E-state index < -0.39 is 24.2 Å². The van der Waals surface area contributed by atoms with Crippen molar-refractivity contribution in [3.05, 3.63) is 249 Å². The highest BCUT2D eigenvalue weighted by atomic mass is 16.3. The van der Waals surface area contributed by atoms with E-state index in [2.05, 4.69) is 24.3 Å². The van der Waals surface area contributed by atoms with Gasteiger partial charge in [0.25, 0.3) is 0 Å². The number of anilines is 3. The van der Waals surface area contributed by atoms with Gasteiger partial charge in [-0.3, -0.25) is 0 Å². The SMILES string of the molecule is [2H]c1c([2H])c(N(c2ccccc2-c2ccc3oc4c5ccccc5ccc4c3c2)c2c([2H])c([2H])c(-c3ccc(-c4cccc5ccccc45)cc3)c([2H])c2[2H])c([2H])c([2H])c1-c1ccc(-c2ccccc2)cc1. The minimum absolute atomic E-state index is 0.0881. The van der Waals surface area contributed by atoms with Crippen molar-refractivity contribution < 1.29 is 15.4 Å². The number of fused-ring (bicyclic) bond motifs is 6. The molecule has 1 aromatic heterocycles. The summed E-state index contributed by atoms with van der Waals surface area (Å²) in [6.07, 6.45) is 0. The molecule has 0 atom stereocenters. The molecule has 0 amide bonds. The Morgan fingerprint density at radius 1 is 0.312 bits per heavy atom. The van der Waals surface area contributed by atoms with Gasteiger partial charge in [-0.05, 0) is 115 Å². The fourth-order valence-corrected chi connectivity index (χ4v) is 8.82. The number of para-hydroxylation sites is 1. The van der Waals surface area contributed by atoms with Crippen molar-refractivity contribution in [3.63, 3.8) is 0 Å². The first-order valence-electron chi connectivity index (χ1n) is 25.3. The van der Waals surface area contributed by atoms with Gasteiger partial charge in [0.2, 0.25) is 0 Å². The molecule has 64 heavy (non-hydrogen) atoms. The molecule has 0 aliphatic carbocycles. The van der Waals surface area contributed by atoms with Crippen LogP contribution in [0.2, 0.25) is 0 Å². The maximum atomic E-state index is 9.79. The zero-order valence-electron chi connectivity index (χ0n) is 42.4. The normalized spacial score (nSPS) is 13.2. The van der Waals surface area contributed by atoms with Crippen molar-refractivity contribution in [3.8, 4) is 55.6 Å². The highest BCUT2D eigenvalue weighted by Crippen LogP contribution is 2.44. The van der Waals surface area contributed by atoms with Crippen LogP contribution in [0.4, 0.5) is 17.1 Å². The molecule has 2 heteroatoms. The van der Waals surface area contributed by atoms with E-state index in [0.717, 1.165) is 60.2 Å². The third-order valence-corrected chi connectivity index (χ3v) is 12.0. The van der Waals surface area contributed by atoms with Crippen LogP contribution in [0.15, 0.2) is 253 Å². The van der Waals surface area contributed by atoms with Gasteiger partial charge < -0.3 is 9.32 Å². The molecule has 0 fully saturated rings. The second kappa shape index (κ2) is 15.8. The van der Waals surface area contributed by atoms with Gasteiger partial charge in [-0.25, -0.2) is 0 Å². The molecule has 300 valence electrons. The molecule has 2 nitrogen and oxygen atoms in total. The van der Waals surface area contributed by atoms with E-state index in [0.29, 0.717) is 33.5 Å². The van der Waals surface area contributed by atoms with Gasteiger partial charge in [-0.15, -0.1) is 0 Å². The molecule has 0 bridgehead atoms. The number of benzene rings is 11. The Kier molecular flexibility index (Phi) is 7.33. The van der Waals surface area contributed by atoms with Gasteiger partial charge >= 0.3 is 0 Å². The predicted octanol–water partition coefficient (Wildman–Crippen LogP) is 17.7. The second-order valence-corrected chi connectivity index (χ2v) is 15.8. The lowest BCUT2D eigenvalue weighted by molar-refractivity contribution is 0.672. The molecule has 0 aliphatic heterocycles. The van der Waals surface area contributed by atoms with E-state index in [4.69, 9.17) is 4.42 Å². The summed E-state index contributed by atoms with van der Waals surface area (Å²) in [5, 5.41) is 5.96. The molecular weight excluding hydrogens is 775 g/mol. The monoisotopic (exact) mass is 823 g/mol.